The first-order chi connectivity index (χ1) is 9.88. The minimum atomic E-state index is 0.734. The molecule has 0 atom stereocenters. The first-order valence-corrected chi connectivity index (χ1v) is 6.41. The Bertz CT molecular complexity index is 692. The number of nitrogens with zero attached hydrogens (tertiary/aromatic N) is 5. The Morgan fingerprint density at radius 1 is 1.10 bits per heavy atom. The zero-order valence-corrected chi connectivity index (χ0v) is 11.1. The van der Waals surface area contributed by atoms with E-state index in [1.54, 1.807) is 23.3 Å². The van der Waals surface area contributed by atoms with Crippen molar-refractivity contribution in [3.63, 3.8) is 0 Å². The van der Waals surface area contributed by atoms with Crippen LogP contribution in [0.25, 0.3) is 17.1 Å². The molecule has 6 heteroatoms. The molecule has 0 unspecified atom stereocenters. The van der Waals surface area contributed by atoms with Gasteiger partial charge in [-0.3, -0.25) is 4.98 Å². The van der Waals surface area contributed by atoms with Gasteiger partial charge in [0.15, 0.2) is 0 Å². The third-order valence-electron chi connectivity index (χ3n) is 2.80. The Balaban J connectivity index is 2.04. The van der Waals surface area contributed by atoms with E-state index in [2.05, 4.69) is 25.6 Å². The Morgan fingerprint density at radius 3 is 2.75 bits per heavy atom. The molecule has 0 fully saturated rings. The van der Waals surface area contributed by atoms with Gasteiger partial charge in [-0.1, -0.05) is 23.4 Å². The molecule has 3 rings (SSSR count). The van der Waals surface area contributed by atoms with Gasteiger partial charge in [0.2, 0.25) is 0 Å². The molecule has 100 valence electrons. The molecule has 20 heavy (non-hydrogen) atoms. The lowest BCUT2D eigenvalue weighted by Crippen LogP contribution is -2.03. The summed E-state index contributed by atoms with van der Waals surface area (Å²) in [6, 6.07) is 9.83. The summed E-state index contributed by atoms with van der Waals surface area (Å²) in [6.45, 7) is 2.82. The number of hydrogen-bond donors (Lipinski definition) is 1. The van der Waals surface area contributed by atoms with Crippen LogP contribution in [0.3, 0.4) is 0 Å². The maximum absolute atomic E-state index is 4.52. The minimum absolute atomic E-state index is 0.734. The third kappa shape index (κ3) is 2.35. The van der Waals surface area contributed by atoms with Gasteiger partial charge in [-0.25, -0.2) is 9.67 Å². The van der Waals surface area contributed by atoms with Gasteiger partial charge in [0.05, 0.1) is 24.3 Å². The van der Waals surface area contributed by atoms with E-state index in [9.17, 15) is 0 Å². The summed E-state index contributed by atoms with van der Waals surface area (Å²) in [7, 11) is 0. The molecule has 6 nitrogen and oxygen atoms in total. The van der Waals surface area contributed by atoms with Gasteiger partial charge in [-0.05, 0) is 19.1 Å². The fraction of sp³-hybridized carbons (Fsp3) is 0.143. The van der Waals surface area contributed by atoms with Crippen molar-refractivity contribution in [1.82, 2.24) is 25.0 Å². The first kappa shape index (κ1) is 12.3. The third-order valence-corrected chi connectivity index (χ3v) is 2.80. The molecule has 0 saturated heterocycles. The highest BCUT2D eigenvalue weighted by molar-refractivity contribution is 5.57. The highest BCUT2D eigenvalue weighted by atomic mass is 15.4. The molecule has 1 N–H and O–H groups in total. The SMILES string of the molecule is CCNc1cncc(-c2cnnn2-c2ccccc2)n1. The first-order valence-electron chi connectivity index (χ1n) is 6.41. The van der Waals surface area contributed by atoms with E-state index >= 15 is 0 Å². The molecule has 1 aromatic carbocycles. The Hall–Kier alpha value is -2.76. The Morgan fingerprint density at radius 2 is 1.95 bits per heavy atom. The molecular weight excluding hydrogens is 252 g/mol. The average Bonchev–Trinajstić information content (AvgIpc) is 2.98. The second-order valence-electron chi connectivity index (χ2n) is 4.19. The van der Waals surface area contributed by atoms with Crippen LogP contribution in [0.5, 0.6) is 0 Å². The van der Waals surface area contributed by atoms with Crippen LogP contribution >= 0.6 is 0 Å². The standard InChI is InChI=1S/C14H14N6/c1-2-16-14-10-15-8-12(18-14)13-9-17-19-20(13)11-6-4-3-5-7-11/h3-10H,2H2,1H3,(H,16,18). The van der Waals surface area contributed by atoms with Crippen molar-refractivity contribution in [3.05, 3.63) is 48.9 Å². The summed E-state index contributed by atoms with van der Waals surface area (Å²) in [4.78, 5) is 8.72. The molecule has 0 aliphatic carbocycles. The van der Waals surface area contributed by atoms with Crippen LogP contribution in [0, 0.1) is 0 Å². The highest BCUT2D eigenvalue weighted by Gasteiger charge is 2.10. The van der Waals surface area contributed by atoms with Crippen molar-refractivity contribution in [2.75, 3.05) is 11.9 Å². The van der Waals surface area contributed by atoms with Gasteiger partial charge >= 0.3 is 0 Å². The minimum Gasteiger partial charge on any atom is -0.369 e. The average molecular weight is 266 g/mol. The fourth-order valence-electron chi connectivity index (χ4n) is 1.93. The number of nitrogens with one attached hydrogen (secondary N) is 1. The van der Waals surface area contributed by atoms with E-state index in [0.717, 1.165) is 29.4 Å². The van der Waals surface area contributed by atoms with E-state index in [0.29, 0.717) is 0 Å². The lowest BCUT2D eigenvalue weighted by atomic mass is 10.3. The highest BCUT2D eigenvalue weighted by Crippen LogP contribution is 2.19. The number of hydrogen-bond acceptors (Lipinski definition) is 5. The Labute approximate surface area is 116 Å². The van der Waals surface area contributed by atoms with Crippen molar-refractivity contribution in [3.8, 4) is 17.1 Å². The molecule has 0 aliphatic rings. The van der Waals surface area contributed by atoms with E-state index < -0.39 is 0 Å². The van der Waals surface area contributed by atoms with Crippen LogP contribution in [0.2, 0.25) is 0 Å². The van der Waals surface area contributed by atoms with Gasteiger partial charge < -0.3 is 5.32 Å². The molecule has 0 saturated carbocycles. The zero-order chi connectivity index (χ0) is 13.8. The summed E-state index contributed by atoms with van der Waals surface area (Å²) in [5.74, 6) is 0.741. The Kier molecular flexibility index (Phi) is 3.36. The summed E-state index contributed by atoms with van der Waals surface area (Å²) >= 11 is 0. The van der Waals surface area contributed by atoms with Crippen LogP contribution < -0.4 is 5.32 Å². The van der Waals surface area contributed by atoms with Crippen molar-refractivity contribution in [1.29, 1.82) is 0 Å². The van der Waals surface area contributed by atoms with Crippen LogP contribution in [-0.2, 0) is 0 Å². The molecule has 0 bridgehead atoms. The maximum atomic E-state index is 4.52. The van der Waals surface area contributed by atoms with Crippen LogP contribution in [0.1, 0.15) is 6.92 Å². The maximum Gasteiger partial charge on any atom is 0.145 e. The predicted octanol–water partition coefficient (Wildman–Crippen LogP) is 2.16. The normalized spacial score (nSPS) is 10.4. The van der Waals surface area contributed by atoms with Gasteiger partial charge in [0.1, 0.15) is 17.2 Å². The van der Waals surface area contributed by atoms with Crippen molar-refractivity contribution < 1.29 is 0 Å². The van der Waals surface area contributed by atoms with Crippen molar-refractivity contribution >= 4 is 5.82 Å². The second kappa shape index (κ2) is 5.48. The molecule has 0 spiro atoms. The van der Waals surface area contributed by atoms with Crippen LogP contribution in [0.4, 0.5) is 5.82 Å². The molecule has 2 heterocycles. The molecule has 0 radical (unpaired) electrons. The van der Waals surface area contributed by atoms with Crippen molar-refractivity contribution in [2.45, 2.75) is 6.92 Å². The van der Waals surface area contributed by atoms with E-state index in [1.807, 2.05) is 37.3 Å². The smallest absolute Gasteiger partial charge is 0.145 e. The lowest BCUT2D eigenvalue weighted by Gasteiger charge is -2.07. The zero-order valence-electron chi connectivity index (χ0n) is 11.1. The summed E-state index contributed by atoms with van der Waals surface area (Å²) in [6.07, 6.45) is 5.09. The lowest BCUT2D eigenvalue weighted by molar-refractivity contribution is 0.806. The van der Waals surface area contributed by atoms with Gasteiger partial charge in [0.25, 0.3) is 0 Å². The number of rotatable bonds is 4. The molecule has 0 aliphatic heterocycles. The van der Waals surface area contributed by atoms with Gasteiger partial charge in [0, 0.05) is 6.54 Å². The quantitative estimate of drug-likeness (QED) is 0.783. The summed E-state index contributed by atoms with van der Waals surface area (Å²) < 4.78 is 1.75. The number of anilines is 1. The van der Waals surface area contributed by atoms with Crippen LogP contribution in [-0.4, -0.2) is 31.5 Å². The van der Waals surface area contributed by atoms with Crippen LogP contribution in [0.15, 0.2) is 48.9 Å². The molecule has 2 aromatic heterocycles. The number of aromatic nitrogens is 5. The summed E-state index contributed by atoms with van der Waals surface area (Å²) in [5.41, 5.74) is 2.48. The molecular formula is C14H14N6. The van der Waals surface area contributed by atoms with E-state index in [-0.39, 0.29) is 0 Å². The van der Waals surface area contributed by atoms with Crippen molar-refractivity contribution in [2.24, 2.45) is 0 Å². The second-order valence-corrected chi connectivity index (χ2v) is 4.19. The number of para-hydroxylation sites is 1. The van der Waals surface area contributed by atoms with E-state index in [4.69, 9.17) is 0 Å². The van der Waals surface area contributed by atoms with Gasteiger partial charge in [-0.2, -0.15) is 0 Å². The monoisotopic (exact) mass is 266 g/mol. The van der Waals surface area contributed by atoms with E-state index in [1.165, 1.54) is 0 Å². The molecule has 0 amide bonds. The summed E-state index contributed by atoms with van der Waals surface area (Å²) in [5, 5.41) is 11.2. The fourth-order valence-corrected chi connectivity index (χ4v) is 1.93. The van der Waals surface area contributed by atoms with Gasteiger partial charge in [-0.15, -0.1) is 5.10 Å². The largest absolute Gasteiger partial charge is 0.369 e. The predicted molar refractivity (Wildman–Crippen MR) is 76.5 cm³/mol. The topological polar surface area (TPSA) is 68.5 Å². The molecule has 3 aromatic rings. The number of benzene rings is 1.